The maximum absolute atomic E-state index is 13.1. The van der Waals surface area contributed by atoms with Crippen LogP contribution in [0.15, 0.2) is 53.4 Å². The van der Waals surface area contributed by atoms with Gasteiger partial charge in [-0.25, -0.2) is 17.5 Å². The molecule has 1 N–H and O–H groups in total. The SMILES string of the molecule is CC(=O)c1cccc(S(=O)(=O)NC(c2ccc(F)cc2)C(C)C)c1. The molecule has 128 valence electrons. The summed E-state index contributed by atoms with van der Waals surface area (Å²) in [5.41, 5.74) is 1.01. The van der Waals surface area contributed by atoms with E-state index in [4.69, 9.17) is 0 Å². The molecule has 0 aliphatic rings. The second kappa shape index (κ2) is 7.23. The van der Waals surface area contributed by atoms with Crippen LogP contribution in [0.1, 0.15) is 42.7 Å². The van der Waals surface area contributed by atoms with Gasteiger partial charge in [0.2, 0.25) is 10.0 Å². The summed E-state index contributed by atoms with van der Waals surface area (Å²) in [4.78, 5) is 11.5. The Kier molecular flexibility index (Phi) is 5.51. The minimum atomic E-state index is -3.81. The molecule has 0 bridgehead atoms. The Morgan fingerprint density at radius 2 is 1.71 bits per heavy atom. The van der Waals surface area contributed by atoms with E-state index in [1.807, 2.05) is 13.8 Å². The van der Waals surface area contributed by atoms with Crippen LogP contribution in [-0.4, -0.2) is 14.2 Å². The van der Waals surface area contributed by atoms with Crippen LogP contribution >= 0.6 is 0 Å². The number of hydrogen-bond donors (Lipinski definition) is 1. The van der Waals surface area contributed by atoms with Crippen LogP contribution in [0.4, 0.5) is 4.39 Å². The third kappa shape index (κ3) is 4.27. The van der Waals surface area contributed by atoms with Crippen LogP contribution in [-0.2, 0) is 10.0 Å². The molecule has 6 heteroatoms. The van der Waals surface area contributed by atoms with Gasteiger partial charge in [0.05, 0.1) is 4.90 Å². The molecule has 1 atom stereocenters. The Balaban J connectivity index is 2.36. The zero-order chi connectivity index (χ0) is 17.9. The number of halogens is 1. The first-order valence-electron chi connectivity index (χ1n) is 7.59. The number of benzene rings is 2. The van der Waals surface area contributed by atoms with E-state index < -0.39 is 16.1 Å². The monoisotopic (exact) mass is 349 g/mol. The Bertz CT molecular complexity index is 830. The third-order valence-electron chi connectivity index (χ3n) is 3.73. The van der Waals surface area contributed by atoms with Gasteiger partial charge in [-0.3, -0.25) is 4.79 Å². The number of rotatable bonds is 6. The molecule has 1 unspecified atom stereocenters. The van der Waals surface area contributed by atoms with Crippen LogP contribution < -0.4 is 4.72 Å². The average Bonchev–Trinajstić information content (AvgIpc) is 2.53. The lowest BCUT2D eigenvalue weighted by Crippen LogP contribution is -2.32. The van der Waals surface area contributed by atoms with Gasteiger partial charge < -0.3 is 0 Å². The molecular weight excluding hydrogens is 329 g/mol. The summed E-state index contributed by atoms with van der Waals surface area (Å²) in [6.07, 6.45) is 0. The van der Waals surface area contributed by atoms with Gasteiger partial charge in [-0.15, -0.1) is 0 Å². The summed E-state index contributed by atoms with van der Waals surface area (Å²) in [5.74, 6) is -0.620. The molecule has 0 aromatic heterocycles. The number of sulfonamides is 1. The van der Waals surface area contributed by atoms with Crippen molar-refractivity contribution >= 4 is 15.8 Å². The van der Waals surface area contributed by atoms with Crippen molar-refractivity contribution in [2.75, 3.05) is 0 Å². The molecule has 0 aliphatic carbocycles. The van der Waals surface area contributed by atoms with Gasteiger partial charge in [0.15, 0.2) is 5.78 Å². The minimum absolute atomic E-state index is 0.0305. The average molecular weight is 349 g/mol. The van der Waals surface area contributed by atoms with Gasteiger partial charge >= 0.3 is 0 Å². The van der Waals surface area contributed by atoms with E-state index in [2.05, 4.69) is 4.72 Å². The van der Waals surface area contributed by atoms with Gasteiger partial charge in [-0.05, 0) is 42.7 Å². The highest BCUT2D eigenvalue weighted by Crippen LogP contribution is 2.25. The fraction of sp³-hybridized carbons (Fsp3) is 0.278. The fourth-order valence-corrected chi connectivity index (χ4v) is 3.80. The summed E-state index contributed by atoms with van der Waals surface area (Å²) in [6, 6.07) is 11.1. The van der Waals surface area contributed by atoms with Crippen molar-refractivity contribution in [2.45, 2.75) is 31.7 Å². The van der Waals surface area contributed by atoms with Crippen molar-refractivity contribution in [3.05, 3.63) is 65.5 Å². The van der Waals surface area contributed by atoms with Crippen molar-refractivity contribution in [1.29, 1.82) is 0 Å². The van der Waals surface area contributed by atoms with E-state index in [1.54, 1.807) is 18.2 Å². The normalized spacial score (nSPS) is 13.0. The van der Waals surface area contributed by atoms with Gasteiger partial charge in [-0.1, -0.05) is 38.1 Å². The van der Waals surface area contributed by atoms with Gasteiger partial charge in [0.25, 0.3) is 0 Å². The molecule has 24 heavy (non-hydrogen) atoms. The molecule has 0 heterocycles. The minimum Gasteiger partial charge on any atom is -0.295 e. The summed E-state index contributed by atoms with van der Waals surface area (Å²) >= 11 is 0. The molecule has 0 fully saturated rings. The second-order valence-electron chi connectivity index (χ2n) is 5.98. The predicted molar refractivity (Wildman–Crippen MR) is 90.7 cm³/mol. The highest BCUT2D eigenvalue weighted by molar-refractivity contribution is 7.89. The lowest BCUT2D eigenvalue weighted by molar-refractivity contribution is 0.101. The van der Waals surface area contributed by atoms with Crippen LogP contribution in [0.3, 0.4) is 0 Å². The van der Waals surface area contributed by atoms with Crippen LogP contribution in [0, 0.1) is 11.7 Å². The van der Waals surface area contributed by atoms with Crippen molar-refractivity contribution in [3.8, 4) is 0 Å². The summed E-state index contributed by atoms with van der Waals surface area (Å²) < 4.78 is 41.1. The summed E-state index contributed by atoms with van der Waals surface area (Å²) in [5, 5.41) is 0. The van der Waals surface area contributed by atoms with E-state index in [-0.39, 0.29) is 22.4 Å². The summed E-state index contributed by atoms with van der Waals surface area (Å²) in [7, 11) is -3.81. The van der Waals surface area contributed by atoms with Gasteiger partial charge in [0.1, 0.15) is 5.82 Å². The van der Waals surface area contributed by atoms with Gasteiger partial charge in [0, 0.05) is 11.6 Å². The summed E-state index contributed by atoms with van der Waals surface area (Å²) in [6.45, 7) is 5.14. The molecule has 2 aromatic carbocycles. The molecule has 0 spiro atoms. The zero-order valence-electron chi connectivity index (χ0n) is 13.8. The Morgan fingerprint density at radius 3 is 2.25 bits per heavy atom. The highest BCUT2D eigenvalue weighted by atomic mass is 32.2. The smallest absolute Gasteiger partial charge is 0.241 e. The maximum atomic E-state index is 13.1. The molecule has 0 saturated carbocycles. The van der Waals surface area contributed by atoms with E-state index >= 15 is 0 Å². The number of nitrogens with one attached hydrogen (secondary N) is 1. The number of hydrogen-bond acceptors (Lipinski definition) is 3. The predicted octanol–water partition coefficient (Wildman–Crippen LogP) is 3.70. The zero-order valence-corrected chi connectivity index (χ0v) is 14.6. The standard InChI is InChI=1S/C18H20FNO3S/c1-12(2)18(14-7-9-16(19)10-8-14)20-24(22,23)17-6-4-5-15(11-17)13(3)21/h4-12,18,20H,1-3H3. The van der Waals surface area contributed by atoms with E-state index in [1.165, 1.54) is 37.3 Å². The van der Waals surface area contributed by atoms with Crippen molar-refractivity contribution < 1.29 is 17.6 Å². The first-order valence-corrected chi connectivity index (χ1v) is 9.08. The van der Waals surface area contributed by atoms with Crippen molar-refractivity contribution in [2.24, 2.45) is 5.92 Å². The second-order valence-corrected chi connectivity index (χ2v) is 7.69. The third-order valence-corrected chi connectivity index (χ3v) is 5.17. The quantitative estimate of drug-likeness (QED) is 0.809. The number of Topliss-reactive ketones (excluding diaryl/α,β-unsaturated/α-hetero) is 1. The van der Waals surface area contributed by atoms with Crippen LogP contribution in [0.2, 0.25) is 0 Å². The van der Waals surface area contributed by atoms with E-state index in [0.717, 1.165) is 0 Å². The largest absolute Gasteiger partial charge is 0.295 e. The first kappa shape index (κ1) is 18.3. The highest BCUT2D eigenvalue weighted by Gasteiger charge is 2.24. The topological polar surface area (TPSA) is 63.2 Å². The molecule has 2 aromatic rings. The molecule has 4 nitrogen and oxygen atoms in total. The Morgan fingerprint density at radius 1 is 1.08 bits per heavy atom. The molecule has 2 rings (SSSR count). The molecule has 0 amide bonds. The number of carbonyl (C=O) groups excluding carboxylic acids is 1. The maximum Gasteiger partial charge on any atom is 0.241 e. The number of ketones is 1. The molecule has 0 radical (unpaired) electrons. The lowest BCUT2D eigenvalue weighted by atomic mass is 9.97. The fourth-order valence-electron chi connectivity index (χ4n) is 2.38. The van der Waals surface area contributed by atoms with Gasteiger partial charge in [-0.2, -0.15) is 0 Å². The lowest BCUT2D eigenvalue weighted by Gasteiger charge is -2.23. The van der Waals surface area contributed by atoms with Crippen molar-refractivity contribution in [1.82, 2.24) is 4.72 Å². The molecular formula is C18H20FNO3S. The van der Waals surface area contributed by atoms with E-state index in [0.29, 0.717) is 11.1 Å². The van der Waals surface area contributed by atoms with E-state index in [9.17, 15) is 17.6 Å². The molecule has 0 saturated heterocycles. The molecule has 0 aliphatic heterocycles. The van der Waals surface area contributed by atoms with Crippen LogP contribution in [0.25, 0.3) is 0 Å². The van der Waals surface area contributed by atoms with Crippen molar-refractivity contribution in [3.63, 3.8) is 0 Å². The first-order chi connectivity index (χ1) is 11.2. The Labute approximate surface area is 141 Å². The number of carbonyl (C=O) groups is 1. The Hall–Kier alpha value is -2.05. The van der Waals surface area contributed by atoms with Crippen LogP contribution in [0.5, 0.6) is 0 Å².